The van der Waals surface area contributed by atoms with Crippen molar-refractivity contribution in [2.75, 3.05) is 26.2 Å². The molecule has 1 atom stereocenters. The van der Waals surface area contributed by atoms with Gasteiger partial charge in [0.15, 0.2) is 0 Å². The van der Waals surface area contributed by atoms with Crippen molar-refractivity contribution in [1.29, 1.82) is 0 Å². The number of ketones is 1. The molecule has 4 rings (SSSR count). The fourth-order valence-corrected chi connectivity index (χ4v) is 3.94. The third-order valence-corrected chi connectivity index (χ3v) is 5.64. The average Bonchev–Trinajstić information content (AvgIpc) is 3.13. The first kappa shape index (κ1) is 22.8. The molecule has 0 aromatic heterocycles. The SMILES string of the molecule is COc1ccc(N2C(=O)C(=O)/C(=C(\O)c3ccc(OC)cc3OC)C2c2ccc(F)cc2)cc1. The summed E-state index contributed by atoms with van der Waals surface area (Å²) in [5.74, 6) is -1.27. The maximum atomic E-state index is 13.7. The monoisotopic (exact) mass is 463 g/mol. The number of methoxy groups -OCH3 is 3. The van der Waals surface area contributed by atoms with Crippen LogP contribution in [0.25, 0.3) is 5.76 Å². The van der Waals surface area contributed by atoms with E-state index in [0.29, 0.717) is 22.7 Å². The Bertz CT molecular complexity index is 1270. The molecular formula is C26H22FNO6. The van der Waals surface area contributed by atoms with Crippen molar-refractivity contribution in [1.82, 2.24) is 0 Å². The summed E-state index contributed by atoms with van der Waals surface area (Å²) in [7, 11) is 4.42. The Labute approximate surface area is 195 Å². The zero-order valence-electron chi connectivity index (χ0n) is 18.7. The van der Waals surface area contributed by atoms with Gasteiger partial charge in [0.1, 0.15) is 28.8 Å². The number of carbonyl (C=O) groups excluding carboxylic acids is 2. The predicted molar refractivity (Wildman–Crippen MR) is 124 cm³/mol. The molecule has 0 saturated carbocycles. The first-order valence-corrected chi connectivity index (χ1v) is 10.3. The van der Waals surface area contributed by atoms with E-state index in [4.69, 9.17) is 14.2 Å². The Kier molecular flexibility index (Phi) is 6.23. The number of hydrogen-bond acceptors (Lipinski definition) is 6. The van der Waals surface area contributed by atoms with Crippen LogP contribution in [0.2, 0.25) is 0 Å². The van der Waals surface area contributed by atoms with E-state index < -0.39 is 29.3 Å². The van der Waals surface area contributed by atoms with E-state index in [9.17, 15) is 19.1 Å². The number of rotatable bonds is 6. The van der Waals surface area contributed by atoms with Gasteiger partial charge >= 0.3 is 0 Å². The summed E-state index contributed by atoms with van der Waals surface area (Å²) >= 11 is 0. The van der Waals surface area contributed by atoms with Crippen LogP contribution >= 0.6 is 0 Å². The molecular weight excluding hydrogens is 441 g/mol. The number of aliphatic hydroxyl groups is 1. The summed E-state index contributed by atoms with van der Waals surface area (Å²) in [5, 5.41) is 11.3. The summed E-state index contributed by atoms with van der Waals surface area (Å²) in [5.41, 5.74) is 0.933. The van der Waals surface area contributed by atoms with E-state index >= 15 is 0 Å². The minimum Gasteiger partial charge on any atom is -0.507 e. The second-order valence-corrected chi connectivity index (χ2v) is 7.48. The third-order valence-electron chi connectivity index (χ3n) is 5.64. The molecule has 34 heavy (non-hydrogen) atoms. The maximum absolute atomic E-state index is 13.7. The largest absolute Gasteiger partial charge is 0.507 e. The molecule has 0 spiro atoms. The van der Waals surface area contributed by atoms with Gasteiger partial charge in [-0.05, 0) is 54.1 Å². The van der Waals surface area contributed by atoms with E-state index in [1.165, 1.54) is 56.6 Å². The molecule has 1 saturated heterocycles. The molecule has 3 aromatic rings. The normalized spacial score (nSPS) is 17.1. The fraction of sp³-hybridized carbons (Fsp3) is 0.154. The highest BCUT2D eigenvalue weighted by Crippen LogP contribution is 2.43. The average molecular weight is 463 g/mol. The summed E-state index contributed by atoms with van der Waals surface area (Å²) in [4.78, 5) is 27.7. The van der Waals surface area contributed by atoms with Gasteiger partial charge in [0, 0.05) is 11.8 Å². The Balaban J connectivity index is 1.94. The van der Waals surface area contributed by atoms with Crippen molar-refractivity contribution in [3.63, 3.8) is 0 Å². The Morgan fingerprint density at radius 1 is 0.853 bits per heavy atom. The maximum Gasteiger partial charge on any atom is 0.300 e. The van der Waals surface area contributed by atoms with Crippen molar-refractivity contribution < 1.29 is 33.3 Å². The number of aliphatic hydroxyl groups excluding tert-OH is 1. The highest BCUT2D eigenvalue weighted by Gasteiger charge is 2.47. The topological polar surface area (TPSA) is 85.3 Å². The summed E-state index contributed by atoms with van der Waals surface area (Å²) in [6, 6.07) is 15.7. The van der Waals surface area contributed by atoms with Gasteiger partial charge in [0.05, 0.1) is 38.5 Å². The zero-order valence-corrected chi connectivity index (χ0v) is 18.7. The Morgan fingerprint density at radius 2 is 1.47 bits per heavy atom. The fourth-order valence-electron chi connectivity index (χ4n) is 3.94. The number of anilines is 1. The van der Waals surface area contributed by atoms with Crippen LogP contribution in [-0.4, -0.2) is 38.1 Å². The number of hydrogen-bond donors (Lipinski definition) is 1. The number of carbonyl (C=O) groups is 2. The zero-order chi connectivity index (χ0) is 24.4. The molecule has 1 unspecified atom stereocenters. The molecule has 7 nitrogen and oxygen atoms in total. The second-order valence-electron chi connectivity index (χ2n) is 7.48. The van der Waals surface area contributed by atoms with Crippen LogP contribution in [0, 0.1) is 5.82 Å². The van der Waals surface area contributed by atoms with Crippen LogP contribution in [-0.2, 0) is 9.59 Å². The lowest BCUT2D eigenvalue weighted by atomic mass is 9.94. The second kappa shape index (κ2) is 9.27. The van der Waals surface area contributed by atoms with Crippen molar-refractivity contribution in [3.8, 4) is 17.2 Å². The number of nitrogens with zero attached hydrogens (tertiary/aromatic N) is 1. The lowest BCUT2D eigenvalue weighted by Gasteiger charge is -2.25. The predicted octanol–water partition coefficient (Wildman–Crippen LogP) is 4.48. The molecule has 1 aliphatic heterocycles. The molecule has 0 aliphatic carbocycles. The molecule has 8 heteroatoms. The van der Waals surface area contributed by atoms with Gasteiger partial charge in [0.25, 0.3) is 11.7 Å². The van der Waals surface area contributed by atoms with Crippen LogP contribution in [0.15, 0.2) is 72.3 Å². The van der Waals surface area contributed by atoms with Crippen molar-refractivity contribution in [2.45, 2.75) is 6.04 Å². The first-order valence-electron chi connectivity index (χ1n) is 10.3. The van der Waals surface area contributed by atoms with Gasteiger partial charge in [-0.15, -0.1) is 0 Å². The van der Waals surface area contributed by atoms with Crippen molar-refractivity contribution >= 4 is 23.1 Å². The number of ether oxygens (including phenoxy) is 3. The number of benzene rings is 3. The van der Waals surface area contributed by atoms with E-state index in [1.54, 1.807) is 36.4 Å². The molecule has 0 radical (unpaired) electrons. The van der Waals surface area contributed by atoms with Gasteiger partial charge in [-0.2, -0.15) is 0 Å². The molecule has 1 N–H and O–H groups in total. The standard InChI is InChI=1S/C26H22FNO6/c1-32-18-10-8-17(9-11-18)28-23(15-4-6-16(27)7-5-15)22(25(30)26(28)31)24(29)20-13-12-19(33-2)14-21(20)34-3/h4-14,23,29H,1-3H3/b24-22-. The number of halogens is 1. The molecule has 1 amide bonds. The van der Waals surface area contributed by atoms with Crippen molar-refractivity contribution in [2.24, 2.45) is 0 Å². The molecule has 3 aromatic carbocycles. The summed E-state index contributed by atoms with van der Waals surface area (Å²) in [6.45, 7) is 0. The highest BCUT2D eigenvalue weighted by atomic mass is 19.1. The molecule has 1 heterocycles. The van der Waals surface area contributed by atoms with Crippen LogP contribution in [0.4, 0.5) is 10.1 Å². The van der Waals surface area contributed by atoms with Crippen molar-refractivity contribution in [3.05, 3.63) is 89.2 Å². The smallest absolute Gasteiger partial charge is 0.300 e. The Hall–Kier alpha value is -4.33. The minimum atomic E-state index is -0.999. The van der Waals surface area contributed by atoms with E-state index in [1.807, 2.05) is 0 Å². The number of Topliss-reactive ketones (excluding diaryl/α,β-unsaturated/α-hetero) is 1. The third kappa shape index (κ3) is 3.94. The van der Waals surface area contributed by atoms with Gasteiger partial charge < -0.3 is 19.3 Å². The molecule has 174 valence electrons. The number of amides is 1. The van der Waals surface area contributed by atoms with E-state index in [2.05, 4.69) is 0 Å². The summed E-state index contributed by atoms with van der Waals surface area (Å²) < 4.78 is 29.4. The van der Waals surface area contributed by atoms with Gasteiger partial charge in [-0.25, -0.2) is 4.39 Å². The highest BCUT2D eigenvalue weighted by molar-refractivity contribution is 6.51. The van der Waals surface area contributed by atoms with E-state index in [0.717, 1.165) is 0 Å². The van der Waals surface area contributed by atoms with Gasteiger partial charge in [0.2, 0.25) is 0 Å². The lowest BCUT2D eigenvalue weighted by Crippen LogP contribution is -2.29. The van der Waals surface area contributed by atoms with Crippen LogP contribution in [0.3, 0.4) is 0 Å². The Morgan fingerprint density at radius 3 is 2.06 bits per heavy atom. The minimum absolute atomic E-state index is 0.143. The molecule has 1 aliphatic rings. The summed E-state index contributed by atoms with van der Waals surface area (Å²) in [6.07, 6.45) is 0. The van der Waals surface area contributed by atoms with E-state index in [-0.39, 0.29) is 16.9 Å². The molecule has 0 bridgehead atoms. The quantitative estimate of drug-likeness (QED) is 0.330. The first-order chi connectivity index (χ1) is 16.4. The molecule has 1 fully saturated rings. The van der Waals surface area contributed by atoms with Crippen LogP contribution < -0.4 is 19.1 Å². The lowest BCUT2D eigenvalue weighted by molar-refractivity contribution is -0.132. The van der Waals surface area contributed by atoms with Crippen LogP contribution in [0.5, 0.6) is 17.2 Å². The van der Waals surface area contributed by atoms with Gasteiger partial charge in [-0.3, -0.25) is 14.5 Å². The van der Waals surface area contributed by atoms with Crippen LogP contribution in [0.1, 0.15) is 17.2 Å². The van der Waals surface area contributed by atoms with Gasteiger partial charge in [-0.1, -0.05) is 12.1 Å².